The molecule has 2 aromatic carbocycles. The van der Waals surface area contributed by atoms with E-state index in [9.17, 15) is 4.79 Å². The second-order valence-electron chi connectivity index (χ2n) is 8.55. The van der Waals surface area contributed by atoms with Gasteiger partial charge >= 0.3 is 5.97 Å². The smallest absolute Gasteiger partial charge is 0.337 e. The molecule has 3 aromatic heterocycles. The zero-order chi connectivity index (χ0) is 26.5. The van der Waals surface area contributed by atoms with E-state index in [0.717, 1.165) is 39.5 Å². The molecule has 0 radical (unpaired) electrons. The first-order chi connectivity index (χ1) is 18.5. The fourth-order valence-corrected chi connectivity index (χ4v) is 4.02. The molecule has 0 spiro atoms. The standard InChI is InChI=1S/C28H27N7O3/c1-17-5-3-8-22(32-17)27-26(18-9-10-21-23(14-18)33-25(16-31-21)38-12-11-29)34-24(35-27)15-30-20-7-4-6-19(13-20)28(36)37-2/h3-10,13-14,16,30H,11-12,15,29H2,1-2H3,(H,34,35). The SMILES string of the molecule is COC(=O)c1cccc(NCc2nc(-c3ccc4ncc(OCCN)nc4c3)c(-c3cccc(C)n3)[nH]2)c1. The second kappa shape index (κ2) is 11.1. The van der Waals surface area contributed by atoms with Crippen LogP contribution in [0.4, 0.5) is 5.69 Å². The minimum atomic E-state index is -0.391. The van der Waals surface area contributed by atoms with Crippen molar-refractivity contribution in [3.63, 3.8) is 0 Å². The highest BCUT2D eigenvalue weighted by atomic mass is 16.5. The van der Waals surface area contributed by atoms with Gasteiger partial charge in [0, 0.05) is 23.5 Å². The summed E-state index contributed by atoms with van der Waals surface area (Å²) in [6.07, 6.45) is 1.59. The van der Waals surface area contributed by atoms with E-state index in [1.54, 1.807) is 24.4 Å². The molecule has 0 bridgehead atoms. The van der Waals surface area contributed by atoms with Gasteiger partial charge in [0.1, 0.15) is 12.4 Å². The number of carbonyl (C=O) groups is 1. The number of pyridine rings is 1. The third-order valence-corrected chi connectivity index (χ3v) is 5.80. The van der Waals surface area contributed by atoms with Gasteiger partial charge in [0.15, 0.2) is 0 Å². The Kier molecular flexibility index (Phi) is 7.23. The minimum Gasteiger partial charge on any atom is -0.475 e. The quantitative estimate of drug-likeness (QED) is 0.250. The van der Waals surface area contributed by atoms with Crippen molar-refractivity contribution < 1.29 is 14.3 Å². The Morgan fingerprint density at radius 2 is 1.89 bits per heavy atom. The molecule has 5 rings (SSSR count). The first-order valence-corrected chi connectivity index (χ1v) is 12.1. The van der Waals surface area contributed by atoms with Crippen LogP contribution in [0.1, 0.15) is 21.9 Å². The number of aryl methyl sites for hydroxylation is 1. The van der Waals surface area contributed by atoms with Gasteiger partial charge in [0.25, 0.3) is 0 Å². The van der Waals surface area contributed by atoms with Gasteiger partial charge < -0.3 is 25.5 Å². The van der Waals surface area contributed by atoms with E-state index >= 15 is 0 Å². The molecule has 0 aliphatic carbocycles. The number of esters is 1. The van der Waals surface area contributed by atoms with Crippen LogP contribution in [0.2, 0.25) is 0 Å². The van der Waals surface area contributed by atoms with Crippen LogP contribution in [0, 0.1) is 6.92 Å². The van der Waals surface area contributed by atoms with Crippen molar-refractivity contribution in [2.24, 2.45) is 5.73 Å². The molecule has 0 unspecified atom stereocenters. The number of imidazole rings is 1. The van der Waals surface area contributed by atoms with Crippen molar-refractivity contribution in [3.05, 3.63) is 83.9 Å². The topological polar surface area (TPSA) is 141 Å². The minimum absolute atomic E-state index is 0.362. The van der Waals surface area contributed by atoms with Crippen molar-refractivity contribution in [2.75, 3.05) is 25.6 Å². The number of methoxy groups -OCH3 is 1. The van der Waals surface area contributed by atoms with Crippen molar-refractivity contribution >= 4 is 22.7 Å². The van der Waals surface area contributed by atoms with Crippen LogP contribution in [0.5, 0.6) is 5.88 Å². The van der Waals surface area contributed by atoms with Crippen LogP contribution in [-0.4, -0.2) is 51.2 Å². The first kappa shape index (κ1) is 24.8. The number of nitrogens with zero attached hydrogens (tertiary/aromatic N) is 4. The molecule has 5 aromatic rings. The number of aromatic nitrogens is 5. The van der Waals surface area contributed by atoms with E-state index in [1.807, 2.05) is 49.4 Å². The van der Waals surface area contributed by atoms with Gasteiger partial charge in [-0.2, -0.15) is 0 Å². The predicted octanol–water partition coefficient (Wildman–Crippen LogP) is 4.13. The van der Waals surface area contributed by atoms with Gasteiger partial charge in [-0.25, -0.2) is 19.7 Å². The number of nitrogens with one attached hydrogen (secondary N) is 2. The number of aromatic amines is 1. The Labute approximate surface area is 219 Å². The van der Waals surface area contributed by atoms with Crippen molar-refractivity contribution in [1.29, 1.82) is 0 Å². The highest BCUT2D eigenvalue weighted by molar-refractivity contribution is 5.90. The maximum absolute atomic E-state index is 11.9. The monoisotopic (exact) mass is 509 g/mol. The van der Waals surface area contributed by atoms with E-state index in [4.69, 9.17) is 25.2 Å². The Morgan fingerprint density at radius 1 is 1.03 bits per heavy atom. The molecular weight excluding hydrogens is 482 g/mol. The van der Waals surface area contributed by atoms with Crippen molar-refractivity contribution in [3.8, 4) is 28.5 Å². The highest BCUT2D eigenvalue weighted by Gasteiger charge is 2.17. The normalized spacial score (nSPS) is 10.9. The van der Waals surface area contributed by atoms with Crippen LogP contribution in [0.15, 0.2) is 66.9 Å². The van der Waals surface area contributed by atoms with Gasteiger partial charge in [-0.3, -0.25) is 4.98 Å². The summed E-state index contributed by atoms with van der Waals surface area (Å²) in [5, 5.41) is 3.32. The summed E-state index contributed by atoms with van der Waals surface area (Å²) in [6, 6.07) is 18.8. The van der Waals surface area contributed by atoms with E-state index in [1.165, 1.54) is 7.11 Å². The number of fused-ring (bicyclic) bond motifs is 1. The lowest BCUT2D eigenvalue weighted by Gasteiger charge is -2.07. The molecule has 3 heterocycles. The van der Waals surface area contributed by atoms with Crippen LogP contribution in [0.3, 0.4) is 0 Å². The van der Waals surface area contributed by atoms with E-state index in [0.29, 0.717) is 42.5 Å². The second-order valence-corrected chi connectivity index (χ2v) is 8.55. The number of H-pyrrole nitrogens is 1. The molecule has 0 aliphatic heterocycles. The molecule has 192 valence electrons. The third kappa shape index (κ3) is 5.45. The summed E-state index contributed by atoms with van der Waals surface area (Å²) in [6.45, 7) is 3.10. The Balaban J connectivity index is 1.50. The number of hydrogen-bond acceptors (Lipinski definition) is 9. The van der Waals surface area contributed by atoms with Gasteiger partial charge in [0.2, 0.25) is 5.88 Å². The average Bonchev–Trinajstić information content (AvgIpc) is 3.38. The lowest BCUT2D eigenvalue weighted by Crippen LogP contribution is -2.11. The van der Waals surface area contributed by atoms with Crippen LogP contribution in [-0.2, 0) is 11.3 Å². The lowest BCUT2D eigenvalue weighted by molar-refractivity contribution is 0.0601. The van der Waals surface area contributed by atoms with Gasteiger partial charge in [0.05, 0.1) is 53.5 Å². The predicted molar refractivity (Wildman–Crippen MR) is 145 cm³/mol. The number of anilines is 1. The Bertz CT molecular complexity index is 1600. The summed E-state index contributed by atoms with van der Waals surface area (Å²) in [4.78, 5) is 34.0. The number of benzene rings is 2. The fraction of sp³-hybridized carbons (Fsp3) is 0.179. The molecular formula is C28H27N7O3. The molecule has 0 atom stereocenters. The number of hydrogen-bond donors (Lipinski definition) is 3. The Hall–Kier alpha value is -4.83. The van der Waals surface area contributed by atoms with Crippen LogP contribution >= 0.6 is 0 Å². The molecule has 0 fully saturated rings. The first-order valence-electron chi connectivity index (χ1n) is 12.1. The Morgan fingerprint density at radius 3 is 2.71 bits per heavy atom. The number of nitrogens with two attached hydrogens (primary N) is 1. The number of rotatable bonds is 9. The van der Waals surface area contributed by atoms with Crippen LogP contribution in [0.25, 0.3) is 33.7 Å². The molecule has 0 saturated heterocycles. The zero-order valence-corrected chi connectivity index (χ0v) is 21.1. The lowest BCUT2D eigenvalue weighted by atomic mass is 10.1. The molecule has 0 aliphatic rings. The molecule has 0 saturated carbocycles. The van der Waals surface area contributed by atoms with E-state index < -0.39 is 5.97 Å². The maximum Gasteiger partial charge on any atom is 0.337 e. The maximum atomic E-state index is 11.9. The average molecular weight is 510 g/mol. The summed E-state index contributed by atoms with van der Waals surface area (Å²) < 4.78 is 10.4. The van der Waals surface area contributed by atoms with E-state index in [-0.39, 0.29) is 0 Å². The molecule has 0 amide bonds. The molecule has 10 nitrogen and oxygen atoms in total. The largest absolute Gasteiger partial charge is 0.475 e. The zero-order valence-electron chi connectivity index (χ0n) is 21.1. The highest BCUT2D eigenvalue weighted by Crippen LogP contribution is 2.31. The summed E-state index contributed by atoms with van der Waals surface area (Å²) in [5.41, 5.74) is 12.3. The fourth-order valence-electron chi connectivity index (χ4n) is 4.02. The summed E-state index contributed by atoms with van der Waals surface area (Å²) in [7, 11) is 1.36. The molecule has 38 heavy (non-hydrogen) atoms. The van der Waals surface area contributed by atoms with Crippen molar-refractivity contribution in [2.45, 2.75) is 13.5 Å². The molecule has 10 heteroatoms. The third-order valence-electron chi connectivity index (χ3n) is 5.80. The van der Waals surface area contributed by atoms with E-state index in [2.05, 4.69) is 20.3 Å². The summed E-state index contributed by atoms with van der Waals surface area (Å²) in [5.74, 6) is 0.729. The van der Waals surface area contributed by atoms with Gasteiger partial charge in [-0.15, -0.1) is 0 Å². The van der Waals surface area contributed by atoms with Gasteiger partial charge in [-0.05, 0) is 49.4 Å². The number of carbonyl (C=O) groups excluding carboxylic acids is 1. The number of ether oxygens (including phenoxy) is 2. The summed E-state index contributed by atoms with van der Waals surface area (Å²) >= 11 is 0. The van der Waals surface area contributed by atoms with Gasteiger partial charge in [-0.1, -0.05) is 18.2 Å². The molecule has 4 N–H and O–H groups in total. The van der Waals surface area contributed by atoms with Crippen molar-refractivity contribution in [1.82, 2.24) is 24.9 Å². The van der Waals surface area contributed by atoms with Crippen LogP contribution < -0.4 is 15.8 Å².